The van der Waals surface area contributed by atoms with Gasteiger partial charge in [-0.3, -0.25) is 0 Å². The first kappa shape index (κ1) is 13.9. The maximum absolute atomic E-state index is 4.56. The highest BCUT2D eigenvalue weighted by atomic mass is 79.9. The Morgan fingerprint density at radius 1 is 1.39 bits per heavy atom. The molecular formula is C15H23BrN2. The molecule has 0 saturated heterocycles. The Hall–Kier alpha value is -0.570. The fourth-order valence-electron chi connectivity index (χ4n) is 2.80. The second-order valence-electron chi connectivity index (χ2n) is 6.13. The third-order valence-corrected chi connectivity index (χ3v) is 4.81. The average molecular weight is 311 g/mol. The zero-order valence-corrected chi connectivity index (χ0v) is 13.2. The number of nitrogens with zero attached hydrogens (tertiary/aromatic N) is 2. The molecule has 1 saturated carbocycles. The van der Waals surface area contributed by atoms with E-state index in [2.05, 4.69) is 52.8 Å². The predicted molar refractivity (Wildman–Crippen MR) is 81.3 cm³/mol. The minimum Gasteiger partial charge on any atom is -0.356 e. The zero-order valence-electron chi connectivity index (χ0n) is 11.6. The lowest BCUT2D eigenvalue weighted by Gasteiger charge is -2.39. The smallest absolute Gasteiger partial charge is 0.132 e. The molecule has 0 aromatic carbocycles. The van der Waals surface area contributed by atoms with Crippen molar-refractivity contribution in [3.63, 3.8) is 0 Å². The van der Waals surface area contributed by atoms with Crippen LogP contribution in [0.15, 0.2) is 18.3 Å². The first-order valence-corrected chi connectivity index (χ1v) is 7.88. The van der Waals surface area contributed by atoms with Crippen LogP contribution < -0.4 is 4.90 Å². The highest BCUT2D eigenvalue weighted by Crippen LogP contribution is 2.37. The molecule has 2 rings (SSSR count). The largest absolute Gasteiger partial charge is 0.356 e. The van der Waals surface area contributed by atoms with Gasteiger partial charge in [-0.1, -0.05) is 35.8 Å². The number of halogens is 1. The molecule has 0 bridgehead atoms. The fraction of sp³-hybridized carbons (Fsp3) is 0.667. The second kappa shape index (κ2) is 5.60. The van der Waals surface area contributed by atoms with E-state index in [1.165, 1.54) is 31.2 Å². The van der Waals surface area contributed by atoms with Gasteiger partial charge in [0.05, 0.1) is 0 Å². The van der Waals surface area contributed by atoms with Crippen LogP contribution in [0.3, 0.4) is 0 Å². The minimum absolute atomic E-state index is 0.527. The van der Waals surface area contributed by atoms with Crippen molar-refractivity contribution >= 4 is 21.7 Å². The van der Waals surface area contributed by atoms with E-state index in [9.17, 15) is 0 Å². The van der Waals surface area contributed by atoms with Crippen LogP contribution in [0.2, 0.25) is 0 Å². The minimum atomic E-state index is 0.527. The molecule has 1 aliphatic carbocycles. The Balaban J connectivity index is 2.10. The summed E-state index contributed by atoms with van der Waals surface area (Å²) in [7, 11) is 2.19. The van der Waals surface area contributed by atoms with Crippen molar-refractivity contribution in [2.75, 3.05) is 11.9 Å². The van der Waals surface area contributed by atoms with Gasteiger partial charge >= 0.3 is 0 Å². The van der Waals surface area contributed by atoms with Gasteiger partial charge < -0.3 is 4.90 Å². The van der Waals surface area contributed by atoms with Crippen molar-refractivity contribution in [3.05, 3.63) is 23.9 Å². The molecule has 1 fully saturated rings. The molecule has 0 N–H and O–H groups in total. The number of hydrogen-bond acceptors (Lipinski definition) is 2. The summed E-state index contributed by atoms with van der Waals surface area (Å²) < 4.78 is 0. The molecule has 0 aliphatic heterocycles. The Morgan fingerprint density at radius 3 is 2.67 bits per heavy atom. The highest BCUT2D eigenvalue weighted by Gasteiger charge is 2.29. The van der Waals surface area contributed by atoms with Gasteiger partial charge in [0.1, 0.15) is 5.82 Å². The SMILES string of the molecule is CN(c1ncccc1CBr)C1CCC(C)(C)CC1. The second-order valence-corrected chi connectivity index (χ2v) is 6.69. The van der Waals surface area contributed by atoms with Gasteiger partial charge in [0.2, 0.25) is 0 Å². The van der Waals surface area contributed by atoms with Gasteiger partial charge in [-0.05, 0) is 37.2 Å². The molecule has 100 valence electrons. The van der Waals surface area contributed by atoms with Gasteiger partial charge in [-0.2, -0.15) is 0 Å². The topological polar surface area (TPSA) is 16.1 Å². The third kappa shape index (κ3) is 3.05. The van der Waals surface area contributed by atoms with Gasteiger partial charge in [0.25, 0.3) is 0 Å². The molecule has 0 unspecified atom stereocenters. The first-order valence-electron chi connectivity index (χ1n) is 6.76. The molecule has 1 aromatic heterocycles. The van der Waals surface area contributed by atoms with E-state index in [1.54, 1.807) is 0 Å². The number of rotatable bonds is 3. The number of alkyl halides is 1. The molecule has 0 spiro atoms. The molecule has 0 radical (unpaired) electrons. The molecule has 1 heterocycles. The van der Waals surface area contributed by atoms with Crippen molar-refractivity contribution in [2.45, 2.75) is 50.9 Å². The quantitative estimate of drug-likeness (QED) is 0.770. The van der Waals surface area contributed by atoms with Crippen LogP contribution in [0.4, 0.5) is 5.82 Å². The molecule has 1 aliphatic rings. The predicted octanol–water partition coefficient (Wildman–Crippen LogP) is 4.38. The summed E-state index contributed by atoms with van der Waals surface area (Å²) in [5.74, 6) is 1.14. The molecule has 0 atom stereocenters. The van der Waals surface area contributed by atoms with Crippen molar-refractivity contribution in [1.29, 1.82) is 0 Å². The van der Waals surface area contributed by atoms with Gasteiger partial charge in [0.15, 0.2) is 0 Å². The molecule has 18 heavy (non-hydrogen) atoms. The summed E-state index contributed by atoms with van der Waals surface area (Å²) in [6.45, 7) is 4.77. The van der Waals surface area contributed by atoms with Crippen LogP contribution in [-0.2, 0) is 5.33 Å². The standard InChI is InChI=1S/C15H23BrN2/c1-15(2)8-6-13(7-9-15)18(3)14-12(11-16)5-4-10-17-14/h4-5,10,13H,6-9,11H2,1-3H3. The van der Waals surface area contributed by atoms with Crippen LogP contribution in [-0.4, -0.2) is 18.1 Å². The Morgan fingerprint density at radius 2 is 2.06 bits per heavy atom. The number of aromatic nitrogens is 1. The normalized spacial score (nSPS) is 19.8. The van der Waals surface area contributed by atoms with Gasteiger partial charge in [0, 0.05) is 30.2 Å². The fourth-order valence-corrected chi connectivity index (χ4v) is 3.23. The van der Waals surface area contributed by atoms with Crippen LogP contribution in [0.5, 0.6) is 0 Å². The third-order valence-electron chi connectivity index (χ3n) is 4.20. The summed E-state index contributed by atoms with van der Waals surface area (Å²) in [4.78, 5) is 6.94. The Kier molecular flexibility index (Phi) is 4.31. The number of hydrogen-bond donors (Lipinski definition) is 0. The first-order chi connectivity index (χ1) is 8.53. The summed E-state index contributed by atoms with van der Waals surface area (Å²) in [6.07, 6.45) is 7.09. The summed E-state index contributed by atoms with van der Waals surface area (Å²) in [5.41, 5.74) is 1.81. The Bertz CT molecular complexity index is 393. The summed E-state index contributed by atoms with van der Waals surface area (Å²) in [5, 5.41) is 0.874. The molecular weight excluding hydrogens is 288 g/mol. The lowest BCUT2D eigenvalue weighted by molar-refractivity contribution is 0.222. The molecule has 2 nitrogen and oxygen atoms in total. The Labute approximate surface area is 119 Å². The van der Waals surface area contributed by atoms with Crippen LogP contribution in [0.25, 0.3) is 0 Å². The number of anilines is 1. The van der Waals surface area contributed by atoms with Crippen LogP contribution >= 0.6 is 15.9 Å². The van der Waals surface area contributed by atoms with E-state index in [-0.39, 0.29) is 0 Å². The van der Waals surface area contributed by atoms with E-state index in [4.69, 9.17) is 0 Å². The maximum atomic E-state index is 4.56. The summed E-state index contributed by atoms with van der Waals surface area (Å²) in [6, 6.07) is 4.81. The van der Waals surface area contributed by atoms with Crippen molar-refractivity contribution in [1.82, 2.24) is 4.98 Å². The lowest BCUT2D eigenvalue weighted by atomic mass is 9.75. The van der Waals surface area contributed by atoms with E-state index in [0.717, 1.165) is 11.1 Å². The van der Waals surface area contributed by atoms with E-state index < -0.39 is 0 Å². The highest BCUT2D eigenvalue weighted by molar-refractivity contribution is 9.08. The van der Waals surface area contributed by atoms with Crippen molar-refractivity contribution in [2.24, 2.45) is 5.41 Å². The van der Waals surface area contributed by atoms with Gasteiger partial charge in [-0.15, -0.1) is 0 Å². The van der Waals surface area contributed by atoms with Gasteiger partial charge in [-0.25, -0.2) is 4.98 Å². The molecule has 3 heteroatoms. The molecule has 0 amide bonds. The molecule has 1 aromatic rings. The van der Waals surface area contributed by atoms with Crippen LogP contribution in [0, 0.1) is 5.41 Å². The van der Waals surface area contributed by atoms with Crippen LogP contribution in [0.1, 0.15) is 45.1 Å². The number of pyridine rings is 1. The van der Waals surface area contributed by atoms with Crippen molar-refractivity contribution in [3.8, 4) is 0 Å². The lowest BCUT2D eigenvalue weighted by Crippen LogP contribution is -2.38. The summed E-state index contributed by atoms with van der Waals surface area (Å²) >= 11 is 3.55. The maximum Gasteiger partial charge on any atom is 0.132 e. The zero-order chi connectivity index (χ0) is 13.2. The van der Waals surface area contributed by atoms with E-state index in [0.29, 0.717) is 11.5 Å². The van der Waals surface area contributed by atoms with E-state index in [1.807, 2.05) is 12.3 Å². The van der Waals surface area contributed by atoms with Crippen molar-refractivity contribution < 1.29 is 0 Å². The monoisotopic (exact) mass is 310 g/mol. The van der Waals surface area contributed by atoms with E-state index >= 15 is 0 Å². The average Bonchev–Trinajstić information content (AvgIpc) is 2.38.